The molecule has 1 N–H and O–H groups in total. The van der Waals surface area contributed by atoms with E-state index in [-0.39, 0.29) is 30.6 Å². The maximum atomic E-state index is 13.3. The lowest BCUT2D eigenvalue weighted by atomic mass is 10.1. The molecule has 7 nitrogen and oxygen atoms in total. The summed E-state index contributed by atoms with van der Waals surface area (Å²) >= 11 is 1.19. The zero-order valence-electron chi connectivity index (χ0n) is 18.8. The number of benzene rings is 3. The van der Waals surface area contributed by atoms with E-state index in [9.17, 15) is 18.8 Å². The molecular weight excluding hydrogens is 469 g/mol. The van der Waals surface area contributed by atoms with Gasteiger partial charge in [-0.15, -0.1) is 0 Å². The highest BCUT2D eigenvalue weighted by molar-refractivity contribution is 8.15. The lowest BCUT2D eigenvalue weighted by molar-refractivity contribution is -0.129. The van der Waals surface area contributed by atoms with Gasteiger partial charge in [-0.2, -0.15) is 0 Å². The number of methoxy groups -OCH3 is 1. The number of nitrogens with one attached hydrogen (secondary N) is 1. The van der Waals surface area contributed by atoms with E-state index in [4.69, 9.17) is 0 Å². The first-order valence-corrected chi connectivity index (χ1v) is 11.7. The summed E-state index contributed by atoms with van der Waals surface area (Å²) in [5, 5.41) is 2.48. The molecule has 1 fully saturated rings. The highest BCUT2D eigenvalue weighted by atomic mass is 32.2. The molecule has 9 heteroatoms. The van der Waals surface area contributed by atoms with Gasteiger partial charge in [-0.1, -0.05) is 42.1 Å². The Bertz CT molecular complexity index is 1250. The van der Waals surface area contributed by atoms with Crippen LogP contribution in [0.25, 0.3) is 0 Å². The number of hydrogen-bond acceptors (Lipinski definition) is 6. The van der Waals surface area contributed by atoms with Crippen molar-refractivity contribution in [1.82, 2.24) is 4.90 Å². The molecule has 0 saturated carbocycles. The van der Waals surface area contributed by atoms with E-state index in [1.807, 2.05) is 18.2 Å². The summed E-state index contributed by atoms with van der Waals surface area (Å²) in [5.41, 5.74) is 2.24. The lowest BCUT2D eigenvalue weighted by Crippen LogP contribution is -2.44. The van der Waals surface area contributed by atoms with Crippen LogP contribution in [0.3, 0.4) is 0 Å². The minimum Gasteiger partial charge on any atom is -0.465 e. The molecule has 1 unspecified atom stereocenters. The highest BCUT2D eigenvalue weighted by Gasteiger charge is 2.36. The Balaban J connectivity index is 1.54. The van der Waals surface area contributed by atoms with Crippen LogP contribution in [0.1, 0.15) is 22.3 Å². The van der Waals surface area contributed by atoms with Crippen molar-refractivity contribution in [3.05, 3.63) is 95.8 Å². The Hall–Kier alpha value is -3.98. The number of thioether (sulfide) groups is 1. The van der Waals surface area contributed by atoms with E-state index in [1.165, 1.54) is 35.9 Å². The maximum Gasteiger partial charge on any atom is 0.337 e. The molecule has 2 amide bonds. The summed E-state index contributed by atoms with van der Waals surface area (Å²) in [7, 11) is 1.29. The second-order valence-electron chi connectivity index (χ2n) is 7.71. The van der Waals surface area contributed by atoms with Crippen molar-refractivity contribution in [3.8, 4) is 0 Å². The zero-order valence-corrected chi connectivity index (χ0v) is 19.6. The van der Waals surface area contributed by atoms with Gasteiger partial charge in [0.2, 0.25) is 11.8 Å². The maximum absolute atomic E-state index is 13.3. The fourth-order valence-electron chi connectivity index (χ4n) is 3.41. The lowest BCUT2D eigenvalue weighted by Gasteiger charge is -2.32. The topological polar surface area (TPSA) is 88.1 Å². The molecule has 0 aromatic heterocycles. The average molecular weight is 492 g/mol. The number of rotatable bonds is 6. The van der Waals surface area contributed by atoms with Crippen LogP contribution in [0.5, 0.6) is 0 Å². The van der Waals surface area contributed by atoms with E-state index in [1.54, 1.807) is 48.5 Å². The molecule has 0 bridgehead atoms. The van der Waals surface area contributed by atoms with Crippen LogP contribution in [0, 0.1) is 5.82 Å². The molecule has 35 heavy (non-hydrogen) atoms. The van der Waals surface area contributed by atoms with Crippen LogP contribution in [0.2, 0.25) is 0 Å². The smallest absolute Gasteiger partial charge is 0.337 e. The Morgan fingerprint density at radius 2 is 1.74 bits per heavy atom. The number of esters is 1. The second kappa shape index (κ2) is 11.0. The first kappa shape index (κ1) is 24.2. The predicted octanol–water partition coefficient (Wildman–Crippen LogP) is 4.77. The van der Waals surface area contributed by atoms with E-state index < -0.39 is 11.2 Å². The molecule has 0 radical (unpaired) electrons. The van der Waals surface area contributed by atoms with Crippen LogP contribution >= 0.6 is 11.8 Å². The molecule has 1 saturated heterocycles. The van der Waals surface area contributed by atoms with Gasteiger partial charge in [-0.25, -0.2) is 14.2 Å². The first-order chi connectivity index (χ1) is 16.9. The molecule has 1 aliphatic heterocycles. The minimum absolute atomic E-state index is 0.0221. The largest absolute Gasteiger partial charge is 0.465 e. The third kappa shape index (κ3) is 6.13. The van der Waals surface area contributed by atoms with Gasteiger partial charge in [0.15, 0.2) is 5.17 Å². The van der Waals surface area contributed by atoms with Gasteiger partial charge in [-0.05, 0) is 54.1 Å². The fraction of sp³-hybridized carbons (Fsp3) is 0.154. The van der Waals surface area contributed by atoms with Crippen molar-refractivity contribution in [2.24, 2.45) is 4.99 Å². The Morgan fingerprint density at radius 1 is 1.06 bits per heavy atom. The number of amides is 2. The summed E-state index contributed by atoms with van der Waals surface area (Å²) < 4.78 is 18.0. The van der Waals surface area contributed by atoms with Crippen LogP contribution in [-0.2, 0) is 20.9 Å². The summed E-state index contributed by atoms with van der Waals surface area (Å²) in [6.45, 7) is 0.209. The fourth-order valence-corrected chi connectivity index (χ4v) is 4.51. The number of carbonyl (C=O) groups is 3. The van der Waals surface area contributed by atoms with Gasteiger partial charge in [0.1, 0.15) is 11.1 Å². The average Bonchev–Trinajstić information content (AvgIpc) is 2.87. The van der Waals surface area contributed by atoms with Gasteiger partial charge >= 0.3 is 5.97 Å². The number of para-hydroxylation sites is 1. The zero-order chi connectivity index (χ0) is 24.8. The molecule has 4 rings (SSSR count). The number of aliphatic imine (C=N–C) groups is 1. The molecule has 1 heterocycles. The molecule has 0 aliphatic carbocycles. The first-order valence-electron chi connectivity index (χ1n) is 10.8. The van der Waals surface area contributed by atoms with E-state index in [2.05, 4.69) is 15.0 Å². The van der Waals surface area contributed by atoms with Crippen molar-refractivity contribution in [2.75, 3.05) is 12.4 Å². The van der Waals surface area contributed by atoms with Gasteiger partial charge in [-0.3, -0.25) is 14.5 Å². The third-order valence-electron chi connectivity index (χ3n) is 5.24. The van der Waals surface area contributed by atoms with E-state index >= 15 is 0 Å². The van der Waals surface area contributed by atoms with Gasteiger partial charge < -0.3 is 10.1 Å². The van der Waals surface area contributed by atoms with E-state index in [0.29, 0.717) is 22.1 Å². The van der Waals surface area contributed by atoms with Crippen LogP contribution in [-0.4, -0.2) is 40.2 Å². The molecule has 1 atom stereocenters. The van der Waals surface area contributed by atoms with Crippen molar-refractivity contribution >= 4 is 46.1 Å². The normalized spacial score (nSPS) is 16.7. The third-order valence-corrected chi connectivity index (χ3v) is 6.43. The van der Waals surface area contributed by atoms with Gasteiger partial charge in [0, 0.05) is 12.1 Å². The number of hydrogen-bond donors (Lipinski definition) is 1. The number of carbonyl (C=O) groups excluding carboxylic acids is 3. The number of ether oxygens (including phenoxy) is 1. The molecule has 0 spiro atoms. The molecule has 3 aromatic carbocycles. The molecule has 178 valence electrons. The molecule has 1 aliphatic rings. The van der Waals surface area contributed by atoms with Crippen molar-refractivity contribution in [3.63, 3.8) is 0 Å². The Morgan fingerprint density at radius 3 is 2.40 bits per heavy atom. The standard InChI is InChI=1S/C26H22FN3O4S/c1-34-25(33)18-9-13-21(14-10-18)28-24(32)22-15-23(31)30(16-17-7-11-19(27)12-8-17)26(35-22)29-20-5-3-2-4-6-20/h2-14,22H,15-16H2,1H3,(H,28,32). The molecular formula is C26H22FN3O4S. The summed E-state index contributed by atoms with van der Waals surface area (Å²) in [6, 6.07) is 21.3. The predicted molar refractivity (Wildman–Crippen MR) is 133 cm³/mol. The van der Waals surface area contributed by atoms with Crippen molar-refractivity contribution < 1.29 is 23.5 Å². The van der Waals surface area contributed by atoms with Crippen LogP contribution < -0.4 is 5.32 Å². The van der Waals surface area contributed by atoms with Crippen molar-refractivity contribution in [1.29, 1.82) is 0 Å². The summed E-state index contributed by atoms with van der Waals surface area (Å²) in [4.78, 5) is 43.9. The van der Waals surface area contributed by atoms with Crippen molar-refractivity contribution in [2.45, 2.75) is 18.2 Å². The number of halogens is 1. The Kier molecular flexibility index (Phi) is 7.57. The minimum atomic E-state index is -0.699. The summed E-state index contributed by atoms with van der Waals surface area (Å²) in [5.74, 6) is -1.44. The Labute approximate surface area is 206 Å². The van der Waals surface area contributed by atoms with Crippen LogP contribution in [0.4, 0.5) is 15.8 Å². The van der Waals surface area contributed by atoms with E-state index in [0.717, 1.165) is 5.56 Å². The quantitative estimate of drug-likeness (QED) is 0.502. The van der Waals surface area contributed by atoms with Gasteiger partial charge in [0.05, 0.1) is 24.9 Å². The second-order valence-corrected chi connectivity index (χ2v) is 8.87. The highest BCUT2D eigenvalue weighted by Crippen LogP contribution is 2.31. The van der Waals surface area contributed by atoms with Crippen LogP contribution in [0.15, 0.2) is 83.9 Å². The SMILES string of the molecule is COC(=O)c1ccc(NC(=O)C2CC(=O)N(Cc3ccc(F)cc3)C(=Nc3ccccc3)S2)cc1. The number of nitrogens with zero attached hydrogens (tertiary/aromatic N) is 2. The number of anilines is 1. The number of amidine groups is 1. The monoisotopic (exact) mass is 491 g/mol. The molecule has 3 aromatic rings. The summed E-state index contributed by atoms with van der Waals surface area (Å²) in [6.07, 6.45) is -0.0221. The van der Waals surface area contributed by atoms with Gasteiger partial charge in [0.25, 0.3) is 0 Å².